The molecule has 3 heterocycles. The van der Waals surface area contributed by atoms with Crippen LogP contribution in [0.15, 0.2) is 41.6 Å². The summed E-state index contributed by atoms with van der Waals surface area (Å²) in [5.74, 6) is 0.371. The van der Waals surface area contributed by atoms with Crippen LogP contribution in [0.25, 0.3) is 11.3 Å². The van der Waals surface area contributed by atoms with Crippen molar-refractivity contribution in [1.29, 1.82) is 0 Å². The Morgan fingerprint density at radius 3 is 2.93 bits per heavy atom. The fourth-order valence-electron chi connectivity index (χ4n) is 2.86. The highest BCUT2D eigenvalue weighted by atomic mass is 16.5. The summed E-state index contributed by atoms with van der Waals surface area (Å²) in [4.78, 5) is 37.1. The summed E-state index contributed by atoms with van der Waals surface area (Å²) < 4.78 is 5.09. The largest absolute Gasteiger partial charge is 0.480 e. The Balaban J connectivity index is 1.58. The first-order valence-electron chi connectivity index (χ1n) is 9.50. The summed E-state index contributed by atoms with van der Waals surface area (Å²) in [6.07, 6.45) is 8.11. The number of likely N-dealkylation sites (tertiary alicyclic amines) is 1. The molecule has 1 fully saturated rings. The molecule has 9 nitrogen and oxygen atoms in total. The van der Waals surface area contributed by atoms with Gasteiger partial charge in [-0.25, -0.2) is 4.98 Å². The smallest absolute Gasteiger partial charge is 0.271 e. The Kier molecular flexibility index (Phi) is 6.61. The van der Waals surface area contributed by atoms with E-state index < -0.39 is 0 Å². The molecule has 1 aliphatic rings. The monoisotopic (exact) mass is 398 g/mol. The molecule has 154 valence electrons. The number of hydrogen-bond acceptors (Lipinski definition) is 7. The first-order chi connectivity index (χ1) is 14.0. The van der Waals surface area contributed by atoms with Gasteiger partial charge in [-0.3, -0.25) is 14.6 Å². The minimum atomic E-state index is -0.228. The van der Waals surface area contributed by atoms with E-state index in [1.807, 2.05) is 6.08 Å². The van der Waals surface area contributed by atoms with E-state index in [0.29, 0.717) is 48.5 Å². The van der Waals surface area contributed by atoms with Gasteiger partial charge in [-0.1, -0.05) is 19.9 Å². The van der Waals surface area contributed by atoms with Gasteiger partial charge < -0.3 is 25.3 Å². The Morgan fingerprint density at radius 1 is 1.41 bits per heavy atom. The third kappa shape index (κ3) is 5.41. The minimum Gasteiger partial charge on any atom is -0.480 e. The van der Waals surface area contributed by atoms with Gasteiger partial charge in [-0.2, -0.15) is 0 Å². The zero-order valence-electron chi connectivity index (χ0n) is 16.8. The van der Waals surface area contributed by atoms with Crippen LogP contribution in [-0.4, -0.2) is 64.6 Å². The van der Waals surface area contributed by atoms with Crippen molar-refractivity contribution < 1.29 is 9.53 Å². The van der Waals surface area contributed by atoms with Gasteiger partial charge in [0.05, 0.1) is 31.2 Å². The van der Waals surface area contributed by atoms with Gasteiger partial charge in [0, 0.05) is 43.5 Å². The number of aromatic amines is 1. The van der Waals surface area contributed by atoms with Crippen molar-refractivity contribution in [2.24, 2.45) is 0 Å². The lowest BCUT2D eigenvalue weighted by atomic mass is 10.1. The van der Waals surface area contributed by atoms with Crippen LogP contribution in [0.3, 0.4) is 0 Å². The molecule has 0 atom stereocenters. The van der Waals surface area contributed by atoms with Crippen molar-refractivity contribution >= 4 is 11.6 Å². The van der Waals surface area contributed by atoms with Crippen LogP contribution < -0.4 is 20.9 Å². The molecule has 0 aromatic carbocycles. The molecule has 0 saturated carbocycles. The summed E-state index contributed by atoms with van der Waals surface area (Å²) >= 11 is 0. The maximum Gasteiger partial charge on any atom is 0.271 e. The van der Waals surface area contributed by atoms with E-state index in [1.54, 1.807) is 29.4 Å². The van der Waals surface area contributed by atoms with E-state index in [-0.39, 0.29) is 17.5 Å². The van der Waals surface area contributed by atoms with E-state index in [9.17, 15) is 9.59 Å². The summed E-state index contributed by atoms with van der Waals surface area (Å²) in [6, 6.07) is 2.13. The highest BCUT2D eigenvalue weighted by Gasteiger charge is 2.29. The molecule has 1 aliphatic heterocycles. The van der Waals surface area contributed by atoms with E-state index >= 15 is 0 Å². The molecule has 9 heteroatoms. The summed E-state index contributed by atoms with van der Waals surface area (Å²) in [7, 11) is 1.52. The minimum absolute atomic E-state index is 0.0221. The molecule has 0 aliphatic carbocycles. The van der Waals surface area contributed by atoms with Gasteiger partial charge in [0.2, 0.25) is 11.8 Å². The first-order valence-corrected chi connectivity index (χ1v) is 9.50. The van der Waals surface area contributed by atoms with Crippen molar-refractivity contribution in [3.05, 3.63) is 47.2 Å². The van der Waals surface area contributed by atoms with E-state index in [2.05, 4.69) is 39.4 Å². The number of pyridine rings is 1. The first kappa shape index (κ1) is 20.5. The number of anilines is 1. The van der Waals surface area contributed by atoms with Crippen LogP contribution in [-0.2, 0) is 4.79 Å². The average Bonchev–Trinajstić information content (AvgIpc) is 2.68. The molecule has 3 rings (SSSR count). The predicted molar refractivity (Wildman–Crippen MR) is 111 cm³/mol. The predicted octanol–water partition coefficient (Wildman–Crippen LogP) is 1.02. The summed E-state index contributed by atoms with van der Waals surface area (Å²) in [5.41, 5.74) is 1.51. The molecule has 0 radical (unpaired) electrons. The number of aromatic nitrogens is 3. The van der Waals surface area contributed by atoms with Gasteiger partial charge in [-0.15, -0.1) is 0 Å². The number of hydrogen-bond donors (Lipinski definition) is 3. The topological polar surface area (TPSA) is 112 Å². The second kappa shape index (κ2) is 9.33. The van der Waals surface area contributed by atoms with E-state index in [1.165, 1.54) is 13.3 Å². The number of H-pyrrole nitrogens is 1. The van der Waals surface area contributed by atoms with Crippen molar-refractivity contribution in [2.45, 2.75) is 25.9 Å². The van der Waals surface area contributed by atoms with E-state index in [4.69, 9.17) is 4.74 Å². The third-order valence-electron chi connectivity index (χ3n) is 4.48. The second-order valence-electron chi connectivity index (χ2n) is 7.13. The van der Waals surface area contributed by atoms with E-state index in [0.717, 1.165) is 0 Å². The van der Waals surface area contributed by atoms with Crippen LogP contribution in [0.5, 0.6) is 5.88 Å². The number of amides is 1. The number of nitrogens with zero attached hydrogens (tertiary/aromatic N) is 3. The molecular formula is C20H26N6O3. The number of methoxy groups -OCH3 is 1. The van der Waals surface area contributed by atoms with Crippen molar-refractivity contribution in [2.75, 3.05) is 32.1 Å². The quantitative estimate of drug-likeness (QED) is 0.569. The standard InChI is InChI=1S/C20H26N6O3/c1-13(2)22-6-4-5-19(27)26-11-15(12-26)24-16-7-14(8-23-20(16)28)17-9-21-10-18(25-17)29-3/h4-5,7-10,13,15,22,24H,6,11-12H2,1-3H3,(H,23,28)/b5-4+. The molecule has 0 spiro atoms. The van der Waals surface area contributed by atoms with Gasteiger partial charge >= 0.3 is 0 Å². The summed E-state index contributed by atoms with van der Waals surface area (Å²) in [6.45, 7) is 5.86. The van der Waals surface area contributed by atoms with Crippen LogP contribution in [0.1, 0.15) is 13.8 Å². The van der Waals surface area contributed by atoms with Crippen molar-refractivity contribution in [3.8, 4) is 17.1 Å². The lowest BCUT2D eigenvalue weighted by molar-refractivity contribution is -0.129. The van der Waals surface area contributed by atoms with Gasteiger partial charge in [0.25, 0.3) is 5.56 Å². The van der Waals surface area contributed by atoms with Crippen LogP contribution in [0.4, 0.5) is 5.69 Å². The summed E-state index contributed by atoms with van der Waals surface area (Å²) in [5, 5.41) is 6.42. The normalized spacial score (nSPS) is 14.3. The van der Waals surface area contributed by atoms with Crippen LogP contribution >= 0.6 is 0 Å². The zero-order chi connectivity index (χ0) is 20.8. The van der Waals surface area contributed by atoms with Gasteiger partial charge in [0.15, 0.2) is 0 Å². The lowest BCUT2D eigenvalue weighted by Crippen LogP contribution is -2.57. The fraction of sp³-hybridized carbons (Fsp3) is 0.400. The third-order valence-corrected chi connectivity index (χ3v) is 4.48. The number of ether oxygens (including phenoxy) is 1. The highest BCUT2D eigenvalue weighted by molar-refractivity contribution is 5.88. The molecule has 29 heavy (non-hydrogen) atoms. The number of carbonyl (C=O) groups excluding carboxylic acids is 1. The lowest BCUT2D eigenvalue weighted by Gasteiger charge is -2.39. The maximum atomic E-state index is 12.2. The molecule has 1 saturated heterocycles. The molecule has 0 bridgehead atoms. The number of rotatable bonds is 8. The average molecular weight is 398 g/mol. The Morgan fingerprint density at radius 2 is 2.21 bits per heavy atom. The number of nitrogens with one attached hydrogen (secondary N) is 3. The molecular weight excluding hydrogens is 372 g/mol. The van der Waals surface area contributed by atoms with Gasteiger partial charge in [-0.05, 0) is 6.07 Å². The molecule has 0 unspecified atom stereocenters. The van der Waals surface area contributed by atoms with Crippen molar-refractivity contribution in [1.82, 2.24) is 25.2 Å². The maximum absolute atomic E-state index is 12.2. The van der Waals surface area contributed by atoms with Crippen molar-refractivity contribution in [3.63, 3.8) is 0 Å². The molecule has 2 aromatic rings. The molecule has 1 amide bonds. The zero-order valence-corrected chi connectivity index (χ0v) is 16.8. The van der Waals surface area contributed by atoms with Gasteiger partial charge in [0.1, 0.15) is 5.69 Å². The Bertz CT molecular complexity index is 934. The second-order valence-corrected chi connectivity index (χ2v) is 7.13. The van der Waals surface area contributed by atoms with Crippen LogP contribution in [0.2, 0.25) is 0 Å². The highest BCUT2D eigenvalue weighted by Crippen LogP contribution is 2.20. The Labute approximate surface area is 169 Å². The number of carbonyl (C=O) groups is 1. The molecule has 3 N–H and O–H groups in total. The van der Waals surface area contributed by atoms with Crippen LogP contribution in [0, 0.1) is 0 Å². The SMILES string of the molecule is COc1cncc(-c2c[nH]c(=O)c(NC3CN(C(=O)/C=C/CNC(C)C)C3)c2)n1. The Hall–Kier alpha value is -3.20. The fourth-order valence-corrected chi connectivity index (χ4v) is 2.86. The molecule has 2 aromatic heterocycles.